The Hall–Kier alpha value is -4.19. The summed E-state index contributed by atoms with van der Waals surface area (Å²) >= 11 is 0. The first-order chi connectivity index (χ1) is 15.4. The molecule has 5 rings (SSSR count). The molecule has 2 aliphatic rings. The molecular weight excluding hydrogens is 415 g/mol. The van der Waals surface area contributed by atoms with Crippen molar-refractivity contribution in [3.8, 4) is 17.5 Å². The van der Waals surface area contributed by atoms with Gasteiger partial charge in [0, 0.05) is 29.3 Å². The van der Waals surface area contributed by atoms with E-state index in [0.717, 1.165) is 6.07 Å². The Morgan fingerprint density at radius 2 is 1.91 bits per heavy atom. The lowest BCUT2D eigenvalue weighted by atomic mass is 9.88. The molecule has 0 unspecified atom stereocenters. The molecule has 1 aromatic heterocycles. The topological polar surface area (TPSA) is 108 Å². The SMILES string of the molecule is COc1ccc(-n2nc(C(=O)O)c3c2C(=O)N(c2ccc(C#N)cc2)CC32CC2)cc1F. The number of carboxylic acid groups (broad SMARTS) is 1. The number of rotatable bonds is 4. The second-order valence-corrected chi connectivity index (χ2v) is 7.94. The molecule has 0 saturated heterocycles. The molecule has 9 heteroatoms. The first-order valence-electron chi connectivity index (χ1n) is 9.91. The maximum atomic E-state index is 14.4. The molecule has 8 nitrogen and oxygen atoms in total. The van der Waals surface area contributed by atoms with E-state index in [4.69, 9.17) is 10.00 Å². The van der Waals surface area contributed by atoms with Crippen molar-refractivity contribution in [3.05, 3.63) is 70.8 Å². The predicted molar refractivity (Wildman–Crippen MR) is 111 cm³/mol. The minimum atomic E-state index is -1.24. The number of hydrogen-bond acceptors (Lipinski definition) is 5. The van der Waals surface area contributed by atoms with Crippen molar-refractivity contribution in [2.45, 2.75) is 18.3 Å². The number of nitriles is 1. The summed E-state index contributed by atoms with van der Waals surface area (Å²) < 4.78 is 20.6. The summed E-state index contributed by atoms with van der Waals surface area (Å²) in [6.45, 7) is 0.313. The van der Waals surface area contributed by atoms with Gasteiger partial charge < -0.3 is 14.7 Å². The molecule has 1 spiro atoms. The molecule has 1 aliphatic carbocycles. The monoisotopic (exact) mass is 432 g/mol. The van der Waals surface area contributed by atoms with Crippen LogP contribution in [0.15, 0.2) is 42.5 Å². The van der Waals surface area contributed by atoms with E-state index >= 15 is 0 Å². The van der Waals surface area contributed by atoms with E-state index in [1.165, 1.54) is 23.9 Å². The summed E-state index contributed by atoms with van der Waals surface area (Å²) in [6, 6.07) is 12.7. The lowest BCUT2D eigenvalue weighted by molar-refractivity contribution is 0.0688. The number of carbonyl (C=O) groups excluding carboxylic acids is 1. The van der Waals surface area contributed by atoms with Crippen molar-refractivity contribution in [2.75, 3.05) is 18.6 Å². The van der Waals surface area contributed by atoms with E-state index in [9.17, 15) is 19.1 Å². The van der Waals surface area contributed by atoms with Gasteiger partial charge in [-0.3, -0.25) is 4.79 Å². The minimum absolute atomic E-state index is 0.0254. The fourth-order valence-electron chi connectivity index (χ4n) is 4.31. The molecular formula is C23H17FN4O4. The van der Waals surface area contributed by atoms with Gasteiger partial charge in [0.05, 0.1) is 24.4 Å². The highest BCUT2D eigenvalue weighted by molar-refractivity contribution is 6.10. The van der Waals surface area contributed by atoms with Crippen molar-refractivity contribution in [1.29, 1.82) is 5.26 Å². The van der Waals surface area contributed by atoms with Gasteiger partial charge >= 0.3 is 5.97 Å². The lowest BCUT2D eigenvalue weighted by Crippen LogP contribution is -2.44. The molecule has 2 aromatic carbocycles. The van der Waals surface area contributed by atoms with E-state index < -0.39 is 23.1 Å². The molecule has 1 amide bonds. The zero-order chi connectivity index (χ0) is 22.6. The van der Waals surface area contributed by atoms with Crippen LogP contribution < -0.4 is 9.64 Å². The number of aromatic carboxylic acids is 1. The third-order valence-corrected chi connectivity index (χ3v) is 6.07. The van der Waals surface area contributed by atoms with Gasteiger partial charge in [-0.1, -0.05) is 0 Å². The number of hydrogen-bond donors (Lipinski definition) is 1. The van der Waals surface area contributed by atoms with E-state index in [-0.39, 0.29) is 22.8 Å². The smallest absolute Gasteiger partial charge is 0.356 e. The molecule has 3 aromatic rings. The number of amides is 1. The number of anilines is 1. The van der Waals surface area contributed by atoms with Crippen molar-refractivity contribution >= 4 is 17.6 Å². The van der Waals surface area contributed by atoms with Crippen LogP contribution in [-0.4, -0.2) is 40.4 Å². The number of methoxy groups -OCH3 is 1. The molecule has 0 atom stereocenters. The number of ether oxygens (including phenoxy) is 1. The summed E-state index contributed by atoms with van der Waals surface area (Å²) in [4.78, 5) is 27.2. The van der Waals surface area contributed by atoms with E-state index in [1.54, 1.807) is 29.2 Å². The van der Waals surface area contributed by atoms with Gasteiger partial charge in [0.15, 0.2) is 17.3 Å². The van der Waals surface area contributed by atoms with Gasteiger partial charge in [-0.15, -0.1) is 0 Å². The van der Waals surface area contributed by atoms with Crippen LogP contribution in [0.5, 0.6) is 5.75 Å². The average molecular weight is 432 g/mol. The molecule has 32 heavy (non-hydrogen) atoms. The minimum Gasteiger partial charge on any atom is -0.494 e. The number of aromatic nitrogens is 2. The van der Waals surface area contributed by atoms with E-state index in [2.05, 4.69) is 5.10 Å². The van der Waals surface area contributed by atoms with Crippen LogP contribution in [0.25, 0.3) is 5.69 Å². The summed E-state index contributed by atoms with van der Waals surface area (Å²) in [7, 11) is 1.34. The zero-order valence-electron chi connectivity index (χ0n) is 17.0. The zero-order valence-corrected chi connectivity index (χ0v) is 17.0. The fraction of sp³-hybridized carbons (Fsp3) is 0.217. The standard InChI is InChI=1S/C23H17FN4O4/c1-32-17-7-6-15(10-16(17)24)28-20-18(19(26-28)22(30)31)23(8-9-23)12-27(21(20)29)14-4-2-13(11-25)3-5-14/h2-7,10H,8-9,12H2,1H3,(H,30,31). The fourth-order valence-corrected chi connectivity index (χ4v) is 4.31. The molecule has 1 saturated carbocycles. The summed E-state index contributed by atoms with van der Waals surface area (Å²) in [5, 5.41) is 23.1. The van der Waals surface area contributed by atoms with Gasteiger partial charge in [0.1, 0.15) is 5.69 Å². The molecule has 0 bridgehead atoms. The Labute approximate surface area is 182 Å². The highest BCUT2D eigenvalue weighted by Crippen LogP contribution is 2.54. The quantitative estimate of drug-likeness (QED) is 0.678. The highest BCUT2D eigenvalue weighted by atomic mass is 19.1. The third kappa shape index (κ3) is 2.84. The van der Waals surface area contributed by atoms with Crippen LogP contribution in [-0.2, 0) is 5.41 Å². The highest BCUT2D eigenvalue weighted by Gasteiger charge is 2.56. The Bertz CT molecular complexity index is 1320. The Morgan fingerprint density at radius 1 is 1.22 bits per heavy atom. The molecule has 1 N–H and O–H groups in total. The van der Waals surface area contributed by atoms with Crippen molar-refractivity contribution in [1.82, 2.24) is 9.78 Å². The normalized spacial score (nSPS) is 15.9. The average Bonchev–Trinajstić information content (AvgIpc) is 3.44. The summed E-state index contributed by atoms with van der Waals surface area (Å²) in [6.07, 6.45) is 1.42. The first-order valence-corrected chi connectivity index (χ1v) is 9.91. The molecule has 1 fully saturated rings. The number of nitrogens with zero attached hydrogens (tertiary/aromatic N) is 4. The third-order valence-electron chi connectivity index (χ3n) is 6.07. The molecule has 160 valence electrons. The Morgan fingerprint density at radius 3 is 2.47 bits per heavy atom. The molecule has 1 aliphatic heterocycles. The van der Waals surface area contributed by atoms with Crippen LogP contribution in [0.1, 0.15) is 44.9 Å². The number of carboxylic acids is 1. The predicted octanol–water partition coefficient (Wildman–Crippen LogP) is 3.28. The van der Waals surface area contributed by atoms with Crippen molar-refractivity contribution in [3.63, 3.8) is 0 Å². The van der Waals surface area contributed by atoms with E-state index in [1.807, 2.05) is 6.07 Å². The molecule has 0 radical (unpaired) electrons. The summed E-state index contributed by atoms with van der Waals surface area (Å²) in [5.41, 5.74) is 1.08. The number of carbonyl (C=O) groups is 2. The van der Waals surface area contributed by atoms with Crippen LogP contribution in [0.4, 0.5) is 10.1 Å². The Balaban J connectivity index is 1.70. The van der Waals surface area contributed by atoms with Gasteiger partial charge in [0.2, 0.25) is 0 Å². The number of benzene rings is 2. The van der Waals surface area contributed by atoms with E-state index in [0.29, 0.717) is 36.2 Å². The van der Waals surface area contributed by atoms with Crippen LogP contribution >= 0.6 is 0 Å². The van der Waals surface area contributed by atoms with Crippen LogP contribution in [0, 0.1) is 17.1 Å². The van der Waals surface area contributed by atoms with Gasteiger partial charge in [0.25, 0.3) is 5.91 Å². The summed E-state index contributed by atoms with van der Waals surface area (Å²) in [5.74, 6) is -2.30. The second kappa shape index (κ2) is 6.92. The number of fused-ring (bicyclic) bond motifs is 2. The lowest BCUT2D eigenvalue weighted by Gasteiger charge is -2.33. The van der Waals surface area contributed by atoms with Gasteiger partial charge in [-0.25, -0.2) is 13.9 Å². The molecule has 2 heterocycles. The van der Waals surface area contributed by atoms with Gasteiger partial charge in [-0.05, 0) is 49.2 Å². The second-order valence-electron chi connectivity index (χ2n) is 7.94. The van der Waals surface area contributed by atoms with Crippen molar-refractivity contribution in [2.24, 2.45) is 0 Å². The van der Waals surface area contributed by atoms with Crippen molar-refractivity contribution < 1.29 is 23.8 Å². The largest absolute Gasteiger partial charge is 0.494 e. The van der Waals surface area contributed by atoms with Crippen LogP contribution in [0.2, 0.25) is 0 Å². The maximum absolute atomic E-state index is 14.4. The van der Waals surface area contributed by atoms with Gasteiger partial charge in [-0.2, -0.15) is 10.4 Å². The first kappa shape index (κ1) is 19.8. The maximum Gasteiger partial charge on any atom is 0.356 e. The Kier molecular flexibility index (Phi) is 4.27. The van der Waals surface area contributed by atoms with Crippen LogP contribution in [0.3, 0.4) is 0 Å². The number of halogens is 1.